The number of amides is 2. The number of likely N-dealkylation sites (N-methyl/N-ethyl adjacent to an activating group) is 1. The van der Waals surface area contributed by atoms with Gasteiger partial charge in [-0.2, -0.15) is 0 Å². The number of benzene rings is 2. The molecular weight excluding hydrogens is 480 g/mol. The summed E-state index contributed by atoms with van der Waals surface area (Å²) in [4.78, 5) is 34.4. The fraction of sp³-hybridized carbons (Fsp3) is 0.400. The Morgan fingerprint density at radius 1 is 1.03 bits per heavy atom. The second-order valence-corrected chi connectivity index (χ2v) is 11.2. The van der Waals surface area contributed by atoms with E-state index in [0.717, 1.165) is 49.6 Å². The standard InChI is InChI=1S/C30H36N4O2S/c1-21-11-12-22(2)25(20-21)34-17-15-33(16-18-34)14-7-13-31-29(35)27-23-8-4-5-9-24(23)30(36)32(3)28(27)26-10-6-19-37-26/h4-6,8-12,19-20,27-28H,7,13-18H2,1-3H3,(H,31,35)/t27-,28+/m1/s1. The number of nitrogens with zero attached hydrogens (tertiary/aromatic N) is 3. The van der Waals surface area contributed by atoms with Gasteiger partial charge in [0.05, 0.1) is 12.0 Å². The minimum absolute atomic E-state index is 0.00931. The van der Waals surface area contributed by atoms with Crippen molar-refractivity contribution in [2.75, 3.05) is 51.2 Å². The molecule has 1 saturated heterocycles. The summed E-state index contributed by atoms with van der Waals surface area (Å²) in [5, 5.41) is 5.20. The summed E-state index contributed by atoms with van der Waals surface area (Å²) < 4.78 is 0. The molecular formula is C30H36N4O2S. The van der Waals surface area contributed by atoms with Crippen LogP contribution in [0, 0.1) is 13.8 Å². The quantitative estimate of drug-likeness (QED) is 0.466. The molecule has 0 saturated carbocycles. The number of hydrogen-bond acceptors (Lipinski definition) is 5. The van der Waals surface area contributed by atoms with Gasteiger partial charge in [-0.1, -0.05) is 36.4 Å². The fourth-order valence-electron chi connectivity index (χ4n) is 5.67. The molecule has 1 aromatic heterocycles. The van der Waals surface area contributed by atoms with E-state index < -0.39 is 5.92 Å². The lowest BCUT2D eigenvalue weighted by Gasteiger charge is -2.39. The van der Waals surface area contributed by atoms with Crippen molar-refractivity contribution in [3.63, 3.8) is 0 Å². The largest absolute Gasteiger partial charge is 0.369 e. The summed E-state index contributed by atoms with van der Waals surface area (Å²) in [5.41, 5.74) is 5.43. The van der Waals surface area contributed by atoms with Crippen molar-refractivity contribution in [1.29, 1.82) is 0 Å². The van der Waals surface area contributed by atoms with Gasteiger partial charge in [-0.15, -0.1) is 11.3 Å². The molecule has 1 N–H and O–H groups in total. The van der Waals surface area contributed by atoms with Crippen LogP contribution >= 0.6 is 11.3 Å². The lowest BCUT2D eigenvalue weighted by Crippen LogP contribution is -2.47. The molecule has 3 aromatic rings. The average molecular weight is 517 g/mol. The summed E-state index contributed by atoms with van der Waals surface area (Å²) in [6.07, 6.45) is 0.905. The second-order valence-electron chi connectivity index (χ2n) is 10.2. The Balaban J connectivity index is 1.17. The SMILES string of the molecule is Cc1ccc(C)c(N2CCN(CCCNC(=O)[C@@H]3c4ccccc4C(=O)N(C)[C@H]3c3cccs3)CC2)c1. The monoisotopic (exact) mass is 516 g/mol. The van der Waals surface area contributed by atoms with Gasteiger partial charge in [0, 0.05) is 55.9 Å². The minimum Gasteiger partial charge on any atom is -0.369 e. The third-order valence-electron chi connectivity index (χ3n) is 7.72. The molecule has 0 spiro atoms. The summed E-state index contributed by atoms with van der Waals surface area (Å²) >= 11 is 1.59. The van der Waals surface area contributed by atoms with Crippen LogP contribution in [0.1, 0.15) is 50.3 Å². The van der Waals surface area contributed by atoms with Gasteiger partial charge < -0.3 is 15.1 Å². The van der Waals surface area contributed by atoms with E-state index in [2.05, 4.69) is 47.2 Å². The zero-order valence-corrected chi connectivity index (χ0v) is 22.8. The van der Waals surface area contributed by atoms with Gasteiger partial charge in [-0.3, -0.25) is 14.5 Å². The minimum atomic E-state index is -0.418. The lowest BCUT2D eigenvalue weighted by molar-refractivity contribution is -0.124. The summed E-state index contributed by atoms with van der Waals surface area (Å²) in [7, 11) is 1.81. The Morgan fingerprint density at radius 2 is 1.81 bits per heavy atom. The highest BCUT2D eigenvalue weighted by Gasteiger charge is 2.42. The number of thiophene rings is 1. The topological polar surface area (TPSA) is 55.9 Å². The third kappa shape index (κ3) is 5.29. The first-order chi connectivity index (χ1) is 17.9. The van der Waals surface area contributed by atoms with Crippen LogP contribution in [0.3, 0.4) is 0 Å². The van der Waals surface area contributed by atoms with Crippen LogP contribution in [0.4, 0.5) is 5.69 Å². The Hall–Kier alpha value is -3.16. The zero-order valence-electron chi connectivity index (χ0n) is 21.9. The maximum Gasteiger partial charge on any atom is 0.254 e. The van der Waals surface area contributed by atoms with E-state index in [9.17, 15) is 9.59 Å². The molecule has 2 aliphatic rings. The van der Waals surface area contributed by atoms with Crippen molar-refractivity contribution in [2.24, 2.45) is 0 Å². The van der Waals surface area contributed by atoms with E-state index in [1.54, 1.807) is 23.3 Å². The number of hydrogen-bond donors (Lipinski definition) is 1. The van der Waals surface area contributed by atoms with Gasteiger partial charge in [0.1, 0.15) is 0 Å². The van der Waals surface area contributed by atoms with Gasteiger partial charge in [-0.25, -0.2) is 0 Å². The molecule has 37 heavy (non-hydrogen) atoms. The maximum absolute atomic E-state index is 13.6. The first-order valence-corrected chi connectivity index (χ1v) is 14.0. The lowest BCUT2D eigenvalue weighted by atomic mass is 9.81. The van der Waals surface area contributed by atoms with Crippen molar-refractivity contribution in [1.82, 2.24) is 15.1 Å². The van der Waals surface area contributed by atoms with Crippen LogP contribution in [0.5, 0.6) is 0 Å². The highest BCUT2D eigenvalue weighted by Crippen LogP contribution is 2.43. The Bertz CT molecular complexity index is 1250. The van der Waals surface area contributed by atoms with Gasteiger partial charge in [-0.05, 0) is 67.1 Å². The van der Waals surface area contributed by atoms with Gasteiger partial charge in [0.2, 0.25) is 5.91 Å². The summed E-state index contributed by atoms with van der Waals surface area (Å²) in [6.45, 7) is 10.0. The number of carbonyl (C=O) groups is 2. The number of nitrogens with one attached hydrogen (secondary N) is 1. The highest BCUT2D eigenvalue weighted by atomic mass is 32.1. The molecule has 0 bridgehead atoms. The normalized spacial score (nSPS) is 20.1. The molecule has 2 aliphatic heterocycles. The first-order valence-electron chi connectivity index (χ1n) is 13.2. The predicted molar refractivity (Wildman–Crippen MR) is 151 cm³/mol. The number of rotatable bonds is 7. The molecule has 0 unspecified atom stereocenters. The summed E-state index contributed by atoms with van der Waals surface area (Å²) in [5.74, 6) is -0.457. The Kier molecular flexibility index (Phi) is 7.63. The number of piperazine rings is 1. The van der Waals surface area contributed by atoms with Gasteiger partial charge in [0.15, 0.2) is 0 Å². The Morgan fingerprint density at radius 3 is 2.57 bits per heavy atom. The molecule has 0 aliphatic carbocycles. The van der Waals surface area contributed by atoms with Crippen LogP contribution in [0.2, 0.25) is 0 Å². The Labute approximate surface area is 223 Å². The van der Waals surface area contributed by atoms with Crippen LogP contribution in [-0.4, -0.2) is 67.9 Å². The smallest absolute Gasteiger partial charge is 0.254 e. The van der Waals surface area contributed by atoms with Crippen LogP contribution < -0.4 is 10.2 Å². The molecule has 3 heterocycles. The van der Waals surface area contributed by atoms with E-state index >= 15 is 0 Å². The van der Waals surface area contributed by atoms with Crippen LogP contribution in [0.15, 0.2) is 60.0 Å². The third-order valence-corrected chi connectivity index (χ3v) is 8.67. The molecule has 2 aromatic carbocycles. The number of fused-ring (bicyclic) bond motifs is 1. The number of carbonyl (C=O) groups excluding carboxylic acids is 2. The molecule has 194 valence electrons. The number of anilines is 1. The molecule has 1 fully saturated rings. The van der Waals surface area contributed by atoms with Crippen LogP contribution in [-0.2, 0) is 4.79 Å². The van der Waals surface area contributed by atoms with Crippen molar-refractivity contribution >= 4 is 28.8 Å². The predicted octanol–water partition coefficient (Wildman–Crippen LogP) is 4.60. The maximum atomic E-state index is 13.6. The van der Waals surface area contributed by atoms with E-state index in [1.165, 1.54) is 16.8 Å². The second kappa shape index (κ2) is 11.1. The first kappa shape index (κ1) is 25.5. The highest BCUT2D eigenvalue weighted by molar-refractivity contribution is 7.10. The fourth-order valence-corrected chi connectivity index (χ4v) is 6.57. The van der Waals surface area contributed by atoms with Crippen molar-refractivity contribution < 1.29 is 9.59 Å². The van der Waals surface area contributed by atoms with Crippen molar-refractivity contribution in [2.45, 2.75) is 32.2 Å². The average Bonchev–Trinajstić information content (AvgIpc) is 3.45. The van der Waals surface area contributed by atoms with Crippen LogP contribution in [0.25, 0.3) is 0 Å². The van der Waals surface area contributed by atoms with Crippen molar-refractivity contribution in [3.8, 4) is 0 Å². The van der Waals surface area contributed by atoms with Gasteiger partial charge in [0.25, 0.3) is 5.91 Å². The van der Waals surface area contributed by atoms with E-state index in [1.807, 2.05) is 41.8 Å². The van der Waals surface area contributed by atoms with Gasteiger partial charge >= 0.3 is 0 Å². The molecule has 2 atom stereocenters. The molecule has 7 heteroatoms. The van der Waals surface area contributed by atoms with E-state index in [0.29, 0.717) is 12.1 Å². The number of aryl methyl sites for hydroxylation is 2. The molecule has 2 amide bonds. The van der Waals surface area contributed by atoms with E-state index in [-0.39, 0.29) is 17.9 Å². The zero-order chi connectivity index (χ0) is 25.9. The molecule has 5 rings (SSSR count). The van der Waals surface area contributed by atoms with Crippen molar-refractivity contribution in [3.05, 3.63) is 87.1 Å². The molecule has 6 nitrogen and oxygen atoms in total. The summed E-state index contributed by atoms with van der Waals surface area (Å²) in [6, 6.07) is 17.9. The van der Waals surface area contributed by atoms with E-state index in [4.69, 9.17) is 0 Å². The molecule has 0 radical (unpaired) electrons.